The molecule has 0 bridgehead atoms. The Balaban J connectivity index is 0. The summed E-state index contributed by atoms with van der Waals surface area (Å²) < 4.78 is 0. The van der Waals surface area contributed by atoms with Crippen LogP contribution in [0.2, 0.25) is 0 Å². The van der Waals surface area contributed by atoms with Crippen molar-refractivity contribution in [2.24, 2.45) is 0 Å². The van der Waals surface area contributed by atoms with Crippen molar-refractivity contribution in [1.82, 2.24) is 9.80 Å². The van der Waals surface area contributed by atoms with Crippen molar-refractivity contribution in [1.29, 1.82) is 0 Å². The van der Waals surface area contributed by atoms with Crippen molar-refractivity contribution in [2.75, 3.05) is 39.8 Å². The van der Waals surface area contributed by atoms with Crippen molar-refractivity contribution in [3.05, 3.63) is 0 Å². The van der Waals surface area contributed by atoms with Crippen LogP contribution in [-0.2, 0) is 0 Å². The van der Waals surface area contributed by atoms with E-state index in [-0.39, 0.29) is 14.9 Å². The third-order valence-corrected chi connectivity index (χ3v) is 2.04. The number of hydrogen-bond acceptors (Lipinski definition) is 2. The highest BCUT2D eigenvalue weighted by Crippen LogP contribution is 1.96. The number of rotatable bonds is 1. The second kappa shape index (κ2) is 4.99. The molecule has 0 unspecified atom stereocenters. The van der Waals surface area contributed by atoms with E-state index in [1.54, 1.807) is 0 Å². The fraction of sp³-hybridized carbons (Fsp3) is 1.00. The monoisotopic (exact) mass is 164 g/mol. The first-order valence-electron chi connectivity index (χ1n) is 3.74. The lowest BCUT2D eigenvalue weighted by Gasteiger charge is -2.31. The van der Waals surface area contributed by atoms with E-state index < -0.39 is 0 Å². The fourth-order valence-corrected chi connectivity index (χ4v) is 1.16. The maximum absolute atomic E-state index is 2.49. The van der Waals surface area contributed by atoms with Crippen molar-refractivity contribution < 1.29 is 1.43 Å². The zero-order valence-electron chi connectivity index (χ0n) is 6.93. The van der Waals surface area contributed by atoms with Crippen LogP contribution in [0.5, 0.6) is 0 Å². The molecular weight excluding hydrogens is 144 g/mol. The summed E-state index contributed by atoms with van der Waals surface area (Å²) in [5.74, 6) is 0. The molecule has 0 saturated carbocycles. The van der Waals surface area contributed by atoms with Crippen LogP contribution >= 0.6 is 13.5 Å². The highest BCUT2D eigenvalue weighted by Gasteiger charge is 2.10. The summed E-state index contributed by atoms with van der Waals surface area (Å²) in [5.41, 5.74) is 0. The second-order valence-corrected chi connectivity index (χ2v) is 2.74. The van der Waals surface area contributed by atoms with Crippen LogP contribution in [0.4, 0.5) is 0 Å². The first kappa shape index (κ1) is 10.3. The van der Waals surface area contributed by atoms with Gasteiger partial charge in [-0.3, -0.25) is 0 Å². The molecule has 3 heteroatoms. The minimum atomic E-state index is 0. The molecule has 1 aliphatic heterocycles. The van der Waals surface area contributed by atoms with Gasteiger partial charge in [-0.05, 0) is 13.6 Å². The quantitative estimate of drug-likeness (QED) is 0.560. The van der Waals surface area contributed by atoms with E-state index in [4.69, 9.17) is 0 Å². The Labute approximate surface area is 72.1 Å². The van der Waals surface area contributed by atoms with Gasteiger partial charge in [0.05, 0.1) is 0 Å². The third kappa shape index (κ3) is 2.90. The van der Waals surface area contributed by atoms with Gasteiger partial charge in [-0.1, -0.05) is 6.92 Å². The average molecular weight is 164 g/mol. The SMILES string of the molecule is CCN1CCN(C)CC1.S.[HH]. The molecule has 0 aliphatic carbocycles. The summed E-state index contributed by atoms with van der Waals surface area (Å²) in [4.78, 5) is 4.87. The second-order valence-electron chi connectivity index (χ2n) is 2.74. The van der Waals surface area contributed by atoms with Crippen molar-refractivity contribution >= 4 is 13.5 Å². The third-order valence-electron chi connectivity index (χ3n) is 2.04. The molecule has 0 N–H and O–H groups in total. The van der Waals surface area contributed by atoms with Crippen LogP contribution in [0.15, 0.2) is 0 Å². The van der Waals surface area contributed by atoms with E-state index in [2.05, 4.69) is 23.8 Å². The first-order chi connectivity index (χ1) is 4.33. The standard InChI is InChI=1S/C7H16N2.H2S.H2/c1-3-9-6-4-8(2)5-7-9;;/h3-7H2,1-2H3;1H2;1H. The highest BCUT2D eigenvalue weighted by atomic mass is 32.1. The van der Waals surface area contributed by atoms with Crippen molar-refractivity contribution in [3.8, 4) is 0 Å². The van der Waals surface area contributed by atoms with Gasteiger partial charge in [0.25, 0.3) is 0 Å². The molecule has 0 spiro atoms. The molecule has 1 fully saturated rings. The van der Waals surface area contributed by atoms with Gasteiger partial charge in [0.15, 0.2) is 0 Å². The molecule has 1 heterocycles. The molecule has 1 aliphatic rings. The summed E-state index contributed by atoms with van der Waals surface area (Å²) in [7, 11) is 2.19. The molecule has 0 aromatic carbocycles. The maximum Gasteiger partial charge on any atom is 0.0110 e. The van der Waals surface area contributed by atoms with Crippen molar-refractivity contribution in [2.45, 2.75) is 6.92 Å². The lowest BCUT2D eigenvalue weighted by Crippen LogP contribution is -2.44. The van der Waals surface area contributed by atoms with Crippen LogP contribution in [0.3, 0.4) is 0 Å². The van der Waals surface area contributed by atoms with Crippen LogP contribution in [0.1, 0.15) is 8.35 Å². The van der Waals surface area contributed by atoms with Gasteiger partial charge in [0.2, 0.25) is 0 Å². The van der Waals surface area contributed by atoms with Gasteiger partial charge in [-0.25, -0.2) is 0 Å². The smallest absolute Gasteiger partial charge is 0.0110 e. The molecule has 1 rings (SSSR count). The number of nitrogens with zero attached hydrogens (tertiary/aromatic N) is 2. The lowest BCUT2D eigenvalue weighted by molar-refractivity contribution is 0.160. The number of hydrogen-bond donors (Lipinski definition) is 0. The summed E-state index contributed by atoms with van der Waals surface area (Å²) in [5, 5.41) is 0. The normalized spacial score (nSPS) is 22.2. The van der Waals surface area contributed by atoms with E-state index in [9.17, 15) is 0 Å². The Morgan fingerprint density at radius 3 is 2.10 bits per heavy atom. The van der Waals surface area contributed by atoms with E-state index in [0.29, 0.717) is 0 Å². The fourth-order valence-electron chi connectivity index (χ4n) is 1.16. The van der Waals surface area contributed by atoms with Crippen LogP contribution in [0.25, 0.3) is 0 Å². The molecule has 10 heavy (non-hydrogen) atoms. The Morgan fingerprint density at radius 2 is 1.70 bits per heavy atom. The predicted molar refractivity (Wildman–Crippen MR) is 52.1 cm³/mol. The van der Waals surface area contributed by atoms with Gasteiger partial charge >= 0.3 is 0 Å². The largest absolute Gasteiger partial charge is 0.304 e. The molecule has 1 saturated heterocycles. The molecule has 0 aromatic rings. The minimum absolute atomic E-state index is 0. The molecule has 0 atom stereocenters. The minimum Gasteiger partial charge on any atom is -0.304 e. The van der Waals surface area contributed by atoms with Crippen LogP contribution in [0, 0.1) is 0 Å². The molecule has 2 nitrogen and oxygen atoms in total. The van der Waals surface area contributed by atoms with E-state index in [1.807, 2.05) is 0 Å². The number of piperazine rings is 1. The molecule has 0 aromatic heterocycles. The average Bonchev–Trinajstić information content (AvgIpc) is 1.90. The van der Waals surface area contributed by atoms with Gasteiger partial charge in [0, 0.05) is 27.6 Å². The Morgan fingerprint density at radius 1 is 1.20 bits per heavy atom. The summed E-state index contributed by atoms with van der Waals surface area (Å²) in [6, 6.07) is 0. The van der Waals surface area contributed by atoms with Gasteiger partial charge in [0.1, 0.15) is 0 Å². The molecule has 0 amide bonds. The Bertz CT molecular complexity index is 84.5. The lowest BCUT2D eigenvalue weighted by atomic mass is 10.3. The topological polar surface area (TPSA) is 6.48 Å². The van der Waals surface area contributed by atoms with Crippen molar-refractivity contribution in [3.63, 3.8) is 0 Å². The summed E-state index contributed by atoms with van der Waals surface area (Å²) in [6.07, 6.45) is 0. The first-order valence-corrected chi connectivity index (χ1v) is 3.74. The van der Waals surface area contributed by atoms with Crippen LogP contribution < -0.4 is 0 Å². The Kier molecular flexibility index (Phi) is 5.13. The van der Waals surface area contributed by atoms with E-state index in [1.165, 1.54) is 32.7 Å². The Hall–Kier alpha value is 0.270. The predicted octanol–water partition coefficient (Wildman–Crippen LogP) is 0.612. The molecular formula is C7H20N2S. The van der Waals surface area contributed by atoms with Crippen LogP contribution in [-0.4, -0.2) is 49.6 Å². The molecule has 0 radical (unpaired) electrons. The van der Waals surface area contributed by atoms with Gasteiger partial charge < -0.3 is 9.80 Å². The van der Waals surface area contributed by atoms with Gasteiger partial charge in [-0.2, -0.15) is 13.5 Å². The highest BCUT2D eigenvalue weighted by molar-refractivity contribution is 7.59. The van der Waals surface area contributed by atoms with E-state index >= 15 is 0 Å². The van der Waals surface area contributed by atoms with E-state index in [0.717, 1.165) is 0 Å². The zero-order chi connectivity index (χ0) is 6.69. The molecule has 64 valence electrons. The zero-order valence-corrected chi connectivity index (χ0v) is 7.93. The number of likely N-dealkylation sites (N-methyl/N-ethyl adjacent to an activating group) is 2. The summed E-state index contributed by atoms with van der Waals surface area (Å²) >= 11 is 0. The summed E-state index contributed by atoms with van der Waals surface area (Å²) in [6.45, 7) is 8.45. The van der Waals surface area contributed by atoms with Gasteiger partial charge in [-0.15, -0.1) is 0 Å². The maximum atomic E-state index is 2.49.